The van der Waals surface area contributed by atoms with Crippen LogP contribution in [0, 0.1) is 5.82 Å². The Kier molecular flexibility index (Phi) is 3.71. The average Bonchev–Trinajstić information content (AvgIpc) is 2.61. The highest BCUT2D eigenvalue weighted by Gasteiger charge is 2.15. The summed E-state index contributed by atoms with van der Waals surface area (Å²) < 4.78 is 15.7. The van der Waals surface area contributed by atoms with E-state index in [-0.39, 0.29) is 5.82 Å². The lowest BCUT2D eigenvalue weighted by Crippen LogP contribution is -1.99. The van der Waals surface area contributed by atoms with Crippen LogP contribution in [0.1, 0.15) is 18.9 Å². The second-order valence-corrected chi connectivity index (χ2v) is 5.07. The molecule has 0 amide bonds. The van der Waals surface area contributed by atoms with E-state index in [9.17, 15) is 4.39 Å². The van der Waals surface area contributed by atoms with E-state index in [0.717, 1.165) is 29.7 Å². The molecule has 0 unspecified atom stereocenters. The molecule has 1 heterocycles. The first kappa shape index (κ1) is 13.1. The smallest absolute Gasteiger partial charge is 0.138 e. The topological polar surface area (TPSA) is 43.8 Å². The molecule has 0 aliphatic heterocycles. The van der Waals surface area contributed by atoms with Gasteiger partial charge in [-0.3, -0.25) is 4.68 Å². The van der Waals surface area contributed by atoms with E-state index in [1.807, 2.05) is 6.07 Å². The zero-order chi connectivity index (χ0) is 13.3. The van der Waals surface area contributed by atoms with Crippen LogP contribution in [0.25, 0.3) is 11.3 Å². The first-order valence-corrected chi connectivity index (χ1v) is 6.60. The molecule has 96 valence electrons. The number of hydrogen-bond donors (Lipinski definition) is 1. The Balaban J connectivity index is 2.55. The number of aromatic nitrogens is 2. The molecule has 0 aliphatic carbocycles. The number of nitrogens with two attached hydrogens (primary N) is 1. The van der Waals surface area contributed by atoms with Crippen molar-refractivity contribution in [2.75, 3.05) is 5.73 Å². The van der Waals surface area contributed by atoms with Crippen LogP contribution in [0.2, 0.25) is 0 Å². The van der Waals surface area contributed by atoms with Gasteiger partial charge in [0.15, 0.2) is 0 Å². The van der Waals surface area contributed by atoms with Crippen molar-refractivity contribution in [1.82, 2.24) is 9.78 Å². The van der Waals surface area contributed by atoms with E-state index in [1.54, 1.807) is 17.8 Å². The first-order chi connectivity index (χ1) is 8.54. The molecule has 1 aromatic heterocycles. The molecule has 0 aliphatic rings. The van der Waals surface area contributed by atoms with Crippen LogP contribution in [0.3, 0.4) is 0 Å². The summed E-state index contributed by atoms with van der Waals surface area (Å²) in [6, 6.07) is 5.00. The zero-order valence-electron chi connectivity index (χ0n) is 10.4. The number of rotatable bonds is 3. The molecule has 0 spiro atoms. The lowest BCUT2D eigenvalue weighted by molar-refractivity contribution is 0.621. The Labute approximate surface area is 114 Å². The van der Waals surface area contributed by atoms with Gasteiger partial charge in [-0.25, -0.2) is 4.39 Å². The summed E-state index contributed by atoms with van der Waals surface area (Å²) in [6.45, 7) is 2.08. The van der Waals surface area contributed by atoms with Crippen LogP contribution < -0.4 is 5.73 Å². The van der Waals surface area contributed by atoms with Gasteiger partial charge in [0.05, 0.1) is 10.2 Å². The summed E-state index contributed by atoms with van der Waals surface area (Å²) in [5.74, 6) is 0.356. The summed E-state index contributed by atoms with van der Waals surface area (Å²) in [5, 5.41) is 4.38. The van der Waals surface area contributed by atoms with Gasteiger partial charge in [0.25, 0.3) is 0 Å². The SMILES string of the molecule is CCCc1c(-c2ccc(Br)c(F)c2)nn(C)c1N. The van der Waals surface area contributed by atoms with Gasteiger partial charge < -0.3 is 5.73 Å². The van der Waals surface area contributed by atoms with E-state index in [1.165, 1.54) is 6.07 Å². The van der Waals surface area contributed by atoms with Crippen LogP contribution in [0.15, 0.2) is 22.7 Å². The standard InChI is InChI=1S/C13H15BrFN3/c1-3-4-9-12(17-18(2)13(9)16)8-5-6-10(14)11(15)7-8/h5-7H,3-4,16H2,1-2H3. The fourth-order valence-corrected chi connectivity index (χ4v) is 2.20. The Hall–Kier alpha value is -1.36. The third-order valence-electron chi connectivity index (χ3n) is 2.89. The second-order valence-electron chi connectivity index (χ2n) is 4.21. The summed E-state index contributed by atoms with van der Waals surface area (Å²) in [5.41, 5.74) is 8.50. The molecule has 0 radical (unpaired) electrons. The molecule has 0 atom stereocenters. The maximum atomic E-state index is 13.6. The largest absolute Gasteiger partial charge is 0.384 e. The van der Waals surface area contributed by atoms with Gasteiger partial charge in [0, 0.05) is 18.2 Å². The van der Waals surface area contributed by atoms with Crippen LogP contribution >= 0.6 is 15.9 Å². The second kappa shape index (κ2) is 5.10. The summed E-state index contributed by atoms with van der Waals surface area (Å²) >= 11 is 3.15. The average molecular weight is 312 g/mol. The minimum absolute atomic E-state index is 0.292. The maximum Gasteiger partial charge on any atom is 0.138 e. The number of benzene rings is 1. The van der Waals surface area contributed by atoms with E-state index in [0.29, 0.717) is 10.3 Å². The highest BCUT2D eigenvalue weighted by molar-refractivity contribution is 9.10. The minimum atomic E-state index is -0.292. The van der Waals surface area contributed by atoms with Crippen molar-refractivity contribution >= 4 is 21.7 Å². The van der Waals surface area contributed by atoms with Gasteiger partial charge in [-0.15, -0.1) is 0 Å². The lowest BCUT2D eigenvalue weighted by atomic mass is 10.0. The summed E-state index contributed by atoms with van der Waals surface area (Å²) in [4.78, 5) is 0. The van der Waals surface area contributed by atoms with E-state index in [2.05, 4.69) is 28.0 Å². The van der Waals surface area contributed by atoms with E-state index < -0.39 is 0 Å². The van der Waals surface area contributed by atoms with Crippen LogP contribution in [0.4, 0.5) is 10.2 Å². The molecule has 2 rings (SSSR count). The van der Waals surface area contributed by atoms with Gasteiger partial charge in [-0.2, -0.15) is 5.10 Å². The van der Waals surface area contributed by atoms with Gasteiger partial charge >= 0.3 is 0 Å². The van der Waals surface area contributed by atoms with E-state index >= 15 is 0 Å². The fraction of sp³-hybridized carbons (Fsp3) is 0.308. The lowest BCUT2D eigenvalue weighted by Gasteiger charge is -2.03. The monoisotopic (exact) mass is 311 g/mol. The Morgan fingerprint density at radius 1 is 1.44 bits per heavy atom. The zero-order valence-corrected chi connectivity index (χ0v) is 12.0. The van der Waals surface area contributed by atoms with Crippen molar-refractivity contribution in [3.8, 4) is 11.3 Å². The molecular weight excluding hydrogens is 297 g/mol. The van der Waals surface area contributed by atoms with E-state index in [4.69, 9.17) is 5.73 Å². The normalized spacial score (nSPS) is 10.9. The third-order valence-corrected chi connectivity index (χ3v) is 3.53. The number of halogens is 2. The number of aryl methyl sites for hydroxylation is 1. The molecule has 0 saturated heterocycles. The molecule has 2 N–H and O–H groups in total. The number of hydrogen-bond acceptors (Lipinski definition) is 2. The number of anilines is 1. The molecule has 2 aromatic rings. The molecule has 3 nitrogen and oxygen atoms in total. The van der Waals surface area contributed by atoms with Crippen molar-refractivity contribution in [3.63, 3.8) is 0 Å². The Morgan fingerprint density at radius 3 is 2.78 bits per heavy atom. The fourth-order valence-electron chi connectivity index (χ4n) is 1.95. The van der Waals surface area contributed by atoms with Crippen molar-refractivity contribution in [3.05, 3.63) is 34.1 Å². The number of nitrogen functional groups attached to an aromatic ring is 1. The molecule has 0 fully saturated rings. The van der Waals surface area contributed by atoms with Gasteiger partial charge in [0.2, 0.25) is 0 Å². The van der Waals surface area contributed by atoms with Crippen LogP contribution in [0.5, 0.6) is 0 Å². The first-order valence-electron chi connectivity index (χ1n) is 5.81. The van der Waals surface area contributed by atoms with Gasteiger partial charge in [-0.1, -0.05) is 19.4 Å². The predicted molar refractivity (Wildman–Crippen MR) is 74.7 cm³/mol. The van der Waals surface area contributed by atoms with Crippen LogP contribution in [-0.4, -0.2) is 9.78 Å². The van der Waals surface area contributed by atoms with Crippen molar-refractivity contribution in [1.29, 1.82) is 0 Å². The molecule has 0 saturated carbocycles. The quantitative estimate of drug-likeness (QED) is 0.942. The Morgan fingerprint density at radius 2 is 2.17 bits per heavy atom. The summed E-state index contributed by atoms with van der Waals surface area (Å²) in [7, 11) is 1.80. The maximum absolute atomic E-state index is 13.6. The third kappa shape index (κ3) is 2.27. The predicted octanol–water partition coefficient (Wildman–Crippen LogP) is 3.52. The minimum Gasteiger partial charge on any atom is -0.384 e. The molecule has 5 heteroatoms. The van der Waals surface area contributed by atoms with Gasteiger partial charge in [-0.05, 0) is 34.5 Å². The van der Waals surface area contributed by atoms with Crippen molar-refractivity contribution < 1.29 is 4.39 Å². The van der Waals surface area contributed by atoms with Crippen LogP contribution in [-0.2, 0) is 13.5 Å². The summed E-state index contributed by atoms with van der Waals surface area (Å²) in [6.07, 6.45) is 1.81. The highest BCUT2D eigenvalue weighted by Crippen LogP contribution is 2.30. The molecule has 18 heavy (non-hydrogen) atoms. The number of nitrogens with zero attached hydrogens (tertiary/aromatic N) is 2. The molecule has 0 bridgehead atoms. The highest BCUT2D eigenvalue weighted by atomic mass is 79.9. The van der Waals surface area contributed by atoms with Gasteiger partial charge in [0.1, 0.15) is 11.6 Å². The molecular formula is C13H15BrFN3. The van der Waals surface area contributed by atoms with Crippen molar-refractivity contribution in [2.24, 2.45) is 7.05 Å². The molecule has 1 aromatic carbocycles. The van der Waals surface area contributed by atoms with Crippen molar-refractivity contribution in [2.45, 2.75) is 19.8 Å². The Bertz CT molecular complexity index is 578.